The van der Waals surface area contributed by atoms with Crippen molar-refractivity contribution >= 4 is 24.0 Å². The molecule has 1 fully saturated rings. The summed E-state index contributed by atoms with van der Waals surface area (Å²) in [5, 5.41) is 0. The van der Waals surface area contributed by atoms with E-state index >= 15 is 0 Å². The van der Waals surface area contributed by atoms with Gasteiger partial charge in [0.05, 0.1) is 24.4 Å². The first kappa shape index (κ1) is 46.5. The van der Waals surface area contributed by atoms with E-state index in [0.717, 1.165) is 87.1 Å². The molecule has 1 aliphatic heterocycles. The number of rotatable bonds is 15. The molecule has 0 spiro atoms. The number of ether oxygens (including phenoxy) is 2. The first-order valence-electron chi connectivity index (χ1n) is 18.1. The summed E-state index contributed by atoms with van der Waals surface area (Å²) in [6, 6.07) is 14.2. The fourth-order valence-electron chi connectivity index (χ4n) is 5.59. The van der Waals surface area contributed by atoms with E-state index in [4.69, 9.17) is 20.0 Å². The molecule has 0 bridgehead atoms. The zero-order valence-corrected chi connectivity index (χ0v) is 33.1. The molecule has 1 saturated heterocycles. The summed E-state index contributed by atoms with van der Waals surface area (Å²) in [6.07, 6.45) is 4.43. The van der Waals surface area contributed by atoms with Crippen LogP contribution in [0.4, 0.5) is 5.69 Å². The van der Waals surface area contributed by atoms with Crippen molar-refractivity contribution in [1.82, 2.24) is 9.80 Å². The first-order valence-corrected chi connectivity index (χ1v) is 18.1. The van der Waals surface area contributed by atoms with Gasteiger partial charge in [-0.15, -0.1) is 0 Å². The zero-order valence-electron chi connectivity index (χ0n) is 33.1. The molecule has 2 atom stereocenters. The molecule has 0 radical (unpaired) electrons. The lowest BCUT2D eigenvalue weighted by Crippen LogP contribution is -2.46. The lowest BCUT2D eigenvalue weighted by atomic mass is 10.0. The highest BCUT2D eigenvalue weighted by Gasteiger charge is 2.22. The number of aldehydes is 2. The number of anilines is 1. The summed E-state index contributed by atoms with van der Waals surface area (Å²) in [4.78, 5) is 39.7. The Morgan fingerprint density at radius 3 is 2.18 bits per heavy atom. The Balaban J connectivity index is 0.00000240. The predicted octanol–water partition coefficient (Wildman–Crippen LogP) is 7.87. The summed E-state index contributed by atoms with van der Waals surface area (Å²) < 4.78 is 12.2. The molecular formula is C41H68N4O5. The normalized spacial score (nSPS) is 14.0. The molecule has 282 valence electrons. The van der Waals surface area contributed by atoms with Crippen LogP contribution in [0.2, 0.25) is 0 Å². The van der Waals surface area contributed by atoms with Gasteiger partial charge in [0, 0.05) is 50.5 Å². The standard InChI is InChI=1S/C34H51N3O4.C3H7N.C2H4O.C2H6/c1-8-11-33(26(2)39)35(7)24-30-22-31(15-14-29(30)25-38)37-19-17-36(18-20-37)16-10-21-40-32-13-9-12-28(23-32)27(3)41-34(4,5)6;1-3(2)4;1-2-3;1-2/h9,12-15,22-23,25,27,33H,8,10-11,16-21,24H2,1-7H3;1,4H2,2H3;2H,1H3;1-2H3. The lowest BCUT2D eigenvalue weighted by Gasteiger charge is -2.36. The van der Waals surface area contributed by atoms with Crippen LogP contribution in [0, 0.1) is 0 Å². The van der Waals surface area contributed by atoms with Gasteiger partial charge in [-0.3, -0.25) is 19.4 Å². The number of piperazine rings is 1. The van der Waals surface area contributed by atoms with Gasteiger partial charge in [-0.1, -0.05) is 45.9 Å². The van der Waals surface area contributed by atoms with Crippen LogP contribution in [0.1, 0.15) is 116 Å². The van der Waals surface area contributed by atoms with Crippen molar-refractivity contribution in [1.29, 1.82) is 0 Å². The molecule has 50 heavy (non-hydrogen) atoms. The van der Waals surface area contributed by atoms with E-state index in [1.54, 1.807) is 13.8 Å². The van der Waals surface area contributed by atoms with E-state index in [1.165, 1.54) is 6.92 Å². The largest absolute Gasteiger partial charge is 0.494 e. The van der Waals surface area contributed by atoms with E-state index in [-0.39, 0.29) is 23.5 Å². The van der Waals surface area contributed by atoms with Crippen molar-refractivity contribution in [2.24, 2.45) is 5.73 Å². The maximum Gasteiger partial charge on any atom is 0.150 e. The number of Topliss-reactive ketones (excluding diaryl/α,β-unsaturated/α-hetero) is 1. The van der Waals surface area contributed by atoms with Gasteiger partial charge in [0.15, 0.2) is 0 Å². The monoisotopic (exact) mass is 697 g/mol. The SMILES string of the molecule is C=C(C)N.CC.CC=O.CCCC(C(C)=O)N(C)Cc1cc(N2CCN(CCCOc3cccc(C(C)OC(C)(C)C)c3)CC2)ccc1C=O. The van der Waals surface area contributed by atoms with Gasteiger partial charge in [-0.25, -0.2) is 0 Å². The van der Waals surface area contributed by atoms with E-state index in [2.05, 4.69) is 74.1 Å². The van der Waals surface area contributed by atoms with E-state index < -0.39 is 0 Å². The Kier molecular flexibility index (Phi) is 23.6. The van der Waals surface area contributed by atoms with Crippen molar-refractivity contribution in [3.8, 4) is 5.75 Å². The molecule has 3 rings (SSSR count). The van der Waals surface area contributed by atoms with Gasteiger partial charge < -0.3 is 24.9 Å². The highest BCUT2D eigenvalue weighted by atomic mass is 16.5. The predicted molar refractivity (Wildman–Crippen MR) is 209 cm³/mol. The molecule has 1 heterocycles. The van der Waals surface area contributed by atoms with E-state index in [1.807, 2.05) is 45.2 Å². The van der Waals surface area contributed by atoms with Gasteiger partial charge in [0.25, 0.3) is 0 Å². The number of nitrogens with zero attached hydrogens (tertiary/aromatic N) is 3. The third-order valence-corrected chi connectivity index (χ3v) is 7.72. The van der Waals surface area contributed by atoms with Crippen LogP contribution >= 0.6 is 0 Å². The summed E-state index contributed by atoms with van der Waals surface area (Å²) >= 11 is 0. The minimum Gasteiger partial charge on any atom is -0.494 e. The first-order chi connectivity index (χ1) is 23.6. The summed E-state index contributed by atoms with van der Waals surface area (Å²) in [5.74, 6) is 1.06. The maximum absolute atomic E-state index is 12.2. The Labute approximate surface area is 304 Å². The number of ketones is 1. The molecule has 2 aromatic rings. The van der Waals surface area contributed by atoms with Gasteiger partial charge in [-0.05, 0) is 116 Å². The Morgan fingerprint density at radius 2 is 1.66 bits per heavy atom. The second-order valence-electron chi connectivity index (χ2n) is 13.4. The van der Waals surface area contributed by atoms with Gasteiger partial charge in [-0.2, -0.15) is 0 Å². The van der Waals surface area contributed by atoms with Crippen molar-refractivity contribution in [3.05, 3.63) is 71.4 Å². The summed E-state index contributed by atoms with van der Waals surface area (Å²) in [6.45, 7) is 28.7. The molecule has 0 aliphatic carbocycles. The average Bonchev–Trinajstić information content (AvgIpc) is 3.06. The number of hydrogen-bond acceptors (Lipinski definition) is 9. The van der Waals surface area contributed by atoms with Crippen LogP contribution < -0.4 is 15.4 Å². The molecule has 0 amide bonds. The second-order valence-corrected chi connectivity index (χ2v) is 13.4. The number of nitrogens with two attached hydrogens (primary N) is 1. The van der Waals surface area contributed by atoms with Crippen LogP contribution in [-0.4, -0.2) is 86.2 Å². The third-order valence-electron chi connectivity index (χ3n) is 7.72. The van der Waals surface area contributed by atoms with Crippen LogP contribution in [0.3, 0.4) is 0 Å². The molecular weight excluding hydrogens is 628 g/mol. The van der Waals surface area contributed by atoms with Crippen molar-refractivity contribution < 1.29 is 23.9 Å². The molecule has 2 unspecified atom stereocenters. The fraction of sp³-hybridized carbons (Fsp3) is 0.585. The second kappa shape index (κ2) is 25.4. The number of allylic oxidation sites excluding steroid dienone is 1. The smallest absolute Gasteiger partial charge is 0.150 e. The molecule has 0 saturated carbocycles. The van der Waals surface area contributed by atoms with Crippen LogP contribution in [0.25, 0.3) is 0 Å². The maximum atomic E-state index is 12.2. The Hall–Kier alpha value is -3.53. The van der Waals surface area contributed by atoms with E-state index in [0.29, 0.717) is 24.4 Å². The molecule has 2 N–H and O–H groups in total. The number of hydrogen-bond donors (Lipinski definition) is 1. The number of likely N-dealkylation sites (N-methyl/N-ethyl adjacent to an activating group) is 1. The third kappa shape index (κ3) is 19.0. The van der Waals surface area contributed by atoms with Crippen molar-refractivity contribution in [2.75, 3.05) is 51.3 Å². The molecule has 0 aromatic heterocycles. The Bertz CT molecular complexity index is 1260. The van der Waals surface area contributed by atoms with Crippen LogP contribution in [0.15, 0.2) is 54.7 Å². The lowest BCUT2D eigenvalue weighted by molar-refractivity contribution is -0.122. The van der Waals surface area contributed by atoms with Crippen LogP contribution in [-0.2, 0) is 20.9 Å². The number of carbonyl (C=O) groups is 3. The van der Waals surface area contributed by atoms with E-state index in [9.17, 15) is 9.59 Å². The summed E-state index contributed by atoms with van der Waals surface area (Å²) in [7, 11) is 1.98. The van der Waals surface area contributed by atoms with Crippen molar-refractivity contribution in [3.63, 3.8) is 0 Å². The van der Waals surface area contributed by atoms with Crippen LogP contribution in [0.5, 0.6) is 5.75 Å². The number of benzene rings is 2. The molecule has 2 aromatic carbocycles. The average molecular weight is 697 g/mol. The number of carbonyl (C=O) groups excluding carboxylic acids is 3. The van der Waals surface area contributed by atoms with Gasteiger partial charge in [0.2, 0.25) is 0 Å². The van der Waals surface area contributed by atoms with Gasteiger partial charge >= 0.3 is 0 Å². The Morgan fingerprint density at radius 1 is 1.06 bits per heavy atom. The fourth-order valence-corrected chi connectivity index (χ4v) is 5.59. The molecule has 9 heteroatoms. The highest BCUT2D eigenvalue weighted by molar-refractivity contribution is 5.81. The summed E-state index contributed by atoms with van der Waals surface area (Å²) in [5.41, 5.74) is 9.34. The minimum atomic E-state index is -0.188. The minimum absolute atomic E-state index is 0.0139. The van der Waals surface area contributed by atoms with Gasteiger partial charge in [0.1, 0.15) is 24.1 Å². The molecule has 1 aliphatic rings. The highest BCUT2D eigenvalue weighted by Crippen LogP contribution is 2.26. The van der Waals surface area contributed by atoms with Crippen molar-refractivity contribution in [2.45, 2.75) is 113 Å². The quantitative estimate of drug-likeness (QED) is 0.147. The zero-order chi connectivity index (χ0) is 38.3. The topological polar surface area (TPSA) is 105 Å². The molecule has 9 nitrogen and oxygen atoms in total.